The number of halogens is 2. The first-order valence-corrected chi connectivity index (χ1v) is 15.5. The summed E-state index contributed by atoms with van der Waals surface area (Å²) in [5, 5.41) is 11.6. The van der Waals surface area contributed by atoms with E-state index in [1.54, 1.807) is 23.1 Å². The maximum absolute atomic E-state index is 14.5. The summed E-state index contributed by atoms with van der Waals surface area (Å²) in [5.41, 5.74) is 4.41. The Balaban J connectivity index is 1.41. The number of aromatic carboxylic acids is 1. The average molecular weight is 610 g/mol. The minimum absolute atomic E-state index is 0.0496. The molecule has 1 saturated carbocycles. The van der Waals surface area contributed by atoms with Gasteiger partial charge in [0.15, 0.2) is 0 Å². The van der Waals surface area contributed by atoms with Crippen LogP contribution in [0.3, 0.4) is 0 Å². The monoisotopic (exact) mass is 609 g/mol. The van der Waals surface area contributed by atoms with Crippen molar-refractivity contribution in [3.05, 3.63) is 89.5 Å². The quantitative estimate of drug-likeness (QED) is 0.217. The number of carbonyl (C=O) groups is 2. The van der Waals surface area contributed by atoms with Crippen LogP contribution in [0.2, 0.25) is 0 Å². The third-order valence-corrected chi connectivity index (χ3v) is 9.20. The predicted molar refractivity (Wildman–Crippen MR) is 168 cm³/mol. The number of amides is 1. The van der Waals surface area contributed by atoms with E-state index in [-0.39, 0.29) is 35.2 Å². The number of carbonyl (C=O) groups excluding carboxylic acids is 1. The van der Waals surface area contributed by atoms with Gasteiger partial charge in [0.05, 0.1) is 46.8 Å². The number of rotatable bonds is 6. The predicted octanol–water partition coefficient (Wildman–Crippen LogP) is 7.41. The fourth-order valence-corrected chi connectivity index (χ4v) is 6.99. The summed E-state index contributed by atoms with van der Waals surface area (Å²) in [6.07, 6.45) is 5.41. The van der Waals surface area contributed by atoms with Crippen molar-refractivity contribution in [2.24, 2.45) is 0 Å². The zero-order valence-corrected chi connectivity index (χ0v) is 24.8. The van der Waals surface area contributed by atoms with Crippen molar-refractivity contribution in [3.63, 3.8) is 0 Å². The molecule has 1 aliphatic carbocycles. The normalized spacial score (nSPS) is 16.0. The fraction of sp³-hybridized carbons (Fsp3) is 0.306. The van der Waals surface area contributed by atoms with Gasteiger partial charge in [-0.05, 0) is 72.4 Å². The van der Waals surface area contributed by atoms with Crippen LogP contribution in [0.1, 0.15) is 53.9 Å². The maximum atomic E-state index is 14.5. The molecule has 5 aromatic rings. The smallest absolute Gasteiger partial charge is 0.335 e. The molecule has 1 saturated heterocycles. The summed E-state index contributed by atoms with van der Waals surface area (Å²) in [7, 11) is 0. The molecule has 0 bridgehead atoms. The summed E-state index contributed by atoms with van der Waals surface area (Å²) in [6, 6.07) is 18.2. The highest BCUT2D eigenvalue weighted by Crippen LogP contribution is 2.45. The van der Waals surface area contributed by atoms with Gasteiger partial charge in [-0.3, -0.25) is 4.79 Å². The van der Waals surface area contributed by atoms with Crippen LogP contribution in [0.15, 0.2) is 66.7 Å². The van der Waals surface area contributed by atoms with E-state index < -0.39 is 17.6 Å². The summed E-state index contributed by atoms with van der Waals surface area (Å²) in [6.45, 7) is 2.05. The van der Waals surface area contributed by atoms with Crippen molar-refractivity contribution < 1.29 is 28.2 Å². The molecule has 1 aliphatic heterocycles. The Hall–Kier alpha value is -4.63. The molecular weight excluding hydrogens is 576 g/mol. The molecule has 2 aromatic heterocycles. The van der Waals surface area contributed by atoms with Crippen molar-refractivity contribution in [1.82, 2.24) is 14.5 Å². The Labute approximate surface area is 259 Å². The Morgan fingerprint density at radius 3 is 2.40 bits per heavy atom. The van der Waals surface area contributed by atoms with Crippen molar-refractivity contribution in [1.29, 1.82) is 0 Å². The van der Waals surface area contributed by atoms with E-state index in [1.807, 2.05) is 34.9 Å². The Morgan fingerprint density at radius 1 is 0.911 bits per heavy atom. The number of carboxylic acids is 1. The number of hydrogen-bond acceptors (Lipinski definition) is 4. The van der Waals surface area contributed by atoms with Crippen LogP contribution >= 0.6 is 0 Å². The Morgan fingerprint density at radius 2 is 1.67 bits per heavy atom. The van der Waals surface area contributed by atoms with E-state index in [0.717, 1.165) is 58.8 Å². The molecule has 2 aliphatic rings. The molecule has 7 nitrogen and oxygen atoms in total. The van der Waals surface area contributed by atoms with Crippen LogP contribution in [-0.2, 0) is 16.1 Å². The third kappa shape index (κ3) is 5.46. The second kappa shape index (κ2) is 12.0. The average Bonchev–Trinajstić information content (AvgIpc) is 3.38. The Bertz CT molecular complexity index is 1920. The molecule has 7 rings (SSSR count). The molecule has 1 N–H and O–H groups in total. The number of benzene rings is 3. The molecule has 2 fully saturated rings. The lowest BCUT2D eigenvalue weighted by Crippen LogP contribution is -2.42. The number of pyridine rings is 1. The van der Waals surface area contributed by atoms with Gasteiger partial charge >= 0.3 is 5.97 Å². The molecule has 230 valence electrons. The van der Waals surface area contributed by atoms with Crippen LogP contribution in [0.5, 0.6) is 0 Å². The van der Waals surface area contributed by atoms with E-state index in [4.69, 9.17) is 4.74 Å². The van der Waals surface area contributed by atoms with Gasteiger partial charge in [-0.2, -0.15) is 0 Å². The standard InChI is InChI=1S/C36H33F2N3O4/c37-27-7-4-8-28(38)34(27)30-14-10-23-19-24(11-13-29(23)39-30)35-33(22-5-2-1-3-6-22)26-12-9-25(36(43)44)20-31(26)41(35)21-32(42)40-15-17-45-18-16-40/h4,7-14,19-20,22H,1-3,5-6,15-18,21H2,(H,43,44). The van der Waals surface area contributed by atoms with Gasteiger partial charge in [0.25, 0.3) is 0 Å². The summed E-state index contributed by atoms with van der Waals surface area (Å²) in [5.74, 6) is -2.17. The summed E-state index contributed by atoms with van der Waals surface area (Å²) in [4.78, 5) is 32.2. The van der Waals surface area contributed by atoms with Crippen LogP contribution in [0, 0.1) is 11.6 Å². The van der Waals surface area contributed by atoms with Crippen molar-refractivity contribution in [2.45, 2.75) is 44.6 Å². The van der Waals surface area contributed by atoms with Gasteiger partial charge in [-0.15, -0.1) is 0 Å². The van der Waals surface area contributed by atoms with Gasteiger partial charge in [0.2, 0.25) is 5.91 Å². The Kier molecular flexibility index (Phi) is 7.79. The van der Waals surface area contributed by atoms with E-state index in [0.29, 0.717) is 31.8 Å². The molecule has 0 unspecified atom stereocenters. The molecule has 1 amide bonds. The molecule has 3 aromatic carbocycles. The molecule has 0 radical (unpaired) electrons. The SMILES string of the molecule is O=C(O)c1ccc2c(C3CCCCC3)c(-c3ccc4nc(-c5c(F)cccc5F)ccc4c3)n(CC(=O)N3CCOCC3)c2c1. The number of morpholine rings is 1. The number of hydrogen-bond donors (Lipinski definition) is 1. The zero-order valence-electron chi connectivity index (χ0n) is 24.8. The minimum atomic E-state index is -1.02. The maximum Gasteiger partial charge on any atom is 0.335 e. The minimum Gasteiger partial charge on any atom is -0.478 e. The topological polar surface area (TPSA) is 84.7 Å². The fourth-order valence-electron chi connectivity index (χ4n) is 6.99. The van der Waals surface area contributed by atoms with Gasteiger partial charge in [0.1, 0.15) is 18.2 Å². The van der Waals surface area contributed by atoms with Crippen LogP contribution in [0.25, 0.3) is 44.3 Å². The third-order valence-electron chi connectivity index (χ3n) is 9.20. The van der Waals surface area contributed by atoms with E-state index in [2.05, 4.69) is 4.98 Å². The highest BCUT2D eigenvalue weighted by molar-refractivity contribution is 6.00. The van der Waals surface area contributed by atoms with Crippen molar-refractivity contribution >= 4 is 33.7 Å². The first-order valence-electron chi connectivity index (χ1n) is 15.5. The van der Waals surface area contributed by atoms with Gasteiger partial charge in [-0.25, -0.2) is 18.6 Å². The first-order chi connectivity index (χ1) is 21.9. The molecule has 3 heterocycles. The highest BCUT2D eigenvalue weighted by atomic mass is 19.1. The zero-order chi connectivity index (χ0) is 31.1. The van der Waals surface area contributed by atoms with Crippen molar-refractivity contribution in [2.75, 3.05) is 26.3 Å². The number of aromatic nitrogens is 2. The lowest BCUT2D eigenvalue weighted by molar-refractivity contribution is -0.135. The van der Waals surface area contributed by atoms with E-state index in [9.17, 15) is 23.5 Å². The molecule has 0 atom stereocenters. The first kappa shape index (κ1) is 29.1. The number of fused-ring (bicyclic) bond motifs is 2. The molecule has 45 heavy (non-hydrogen) atoms. The van der Waals surface area contributed by atoms with Crippen LogP contribution < -0.4 is 0 Å². The lowest BCUT2D eigenvalue weighted by atomic mass is 9.81. The lowest BCUT2D eigenvalue weighted by Gasteiger charge is -2.28. The van der Waals surface area contributed by atoms with E-state index in [1.165, 1.54) is 24.6 Å². The van der Waals surface area contributed by atoms with E-state index >= 15 is 0 Å². The highest BCUT2D eigenvalue weighted by Gasteiger charge is 2.29. The summed E-state index contributed by atoms with van der Waals surface area (Å²) >= 11 is 0. The van der Waals surface area contributed by atoms with Crippen LogP contribution in [-0.4, -0.2) is 57.7 Å². The number of carboxylic acid groups (broad SMARTS) is 1. The molecule has 9 heteroatoms. The second-order valence-corrected chi connectivity index (χ2v) is 11.9. The largest absolute Gasteiger partial charge is 0.478 e. The summed E-state index contributed by atoms with van der Waals surface area (Å²) < 4.78 is 36.5. The number of nitrogens with zero attached hydrogens (tertiary/aromatic N) is 3. The van der Waals surface area contributed by atoms with Crippen molar-refractivity contribution in [3.8, 4) is 22.5 Å². The van der Waals surface area contributed by atoms with Gasteiger partial charge in [-0.1, -0.05) is 43.5 Å². The van der Waals surface area contributed by atoms with Gasteiger partial charge in [0, 0.05) is 23.9 Å². The van der Waals surface area contributed by atoms with Crippen LogP contribution in [0.4, 0.5) is 8.78 Å². The van der Waals surface area contributed by atoms with Gasteiger partial charge < -0.3 is 19.3 Å². The molecule has 0 spiro atoms. The second-order valence-electron chi connectivity index (χ2n) is 11.9. The molecular formula is C36H33F2N3O4. The number of ether oxygens (including phenoxy) is 1.